The molecule has 0 spiro atoms. The number of nitrogens with two attached hydrogens (primary N) is 1. The van der Waals surface area contributed by atoms with E-state index < -0.39 is 0 Å². The minimum Gasteiger partial charge on any atom is -0.456 e. The molecule has 0 fully saturated rings. The molecule has 1 heterocycles. The molecule has 2 nitrogen and oxygen atoms in total. The highest BCUT2D eigenvalue weighted by Gasteiger charge is 2.14. The van der Waals surface area contributed by atoms with Gasteiger partial charge in [0.05, 0.1) is 6.04 Å². The zero-order chi connectivity index (χ0) is 13.9. The van der Waals surface area contributed by atoms with Gasteiger partial charge in [0, 0.05) is 16.0 Å². The van der Waals surface area contributed by atoms with Crippen molar-refractivity contribution in [3.05, 3.63) is 66.2 Å². The lowest BCUT2D eigenvalue weighted by Crippen LogP contribution is -2.11. The van der Waals surface area contributed by atoms with Crippen molar-refractivity contribution < 1.29 is 8.81 Å². The molecule has 1 unspecified atom stereocenters. The van der Waals surface area contributed by atoms with E-state index >= 15 is 0 Å². The Labute approximate surface area is 120 Å². The molecule has 0 aliphatic carbocycles. The standard InChI is InChI=1S/C16H14FNOS/c17-13-8-4-5-11-9-15(19-16(11)13)14(18)10-20-12-6-2-1-3-7-12/h1-9,14H,10,18H2. The molecule has 3 aromatic rings. The number of furan rings is 1. The Bertz CT molecular complexity index is 711. The molecule has 3 rings (SSSR count). The van der Waals surface area contributed by atoms with Gasteiger partial charge in [0.1, 0.15) is 5.76 Å². The zero-order valence-electron chi connectivity index (χ0n) is 10.8. The van der Waals surface area contributed by atoms with E-state index in [1.807, 2.05) is 42.5 Å². The highest BCUT2D eigenvalue weighted by atomic mass is 32.2. The maximum absolute atomic E-state index is 13.6. The summed E-state index contributed by atoms with van der Waals surface area (Å²) in [6, 6.07) is 16.5. The van der Waals surface area contributed by atoms with Gasteiger partial charge in [-0.1, -0.05) is 30.3 Å². The molecule has 20 heavy (non-hydrogen) atoms. The fourth-order valence-corrected chi connectivity index (χ4v) is 2.90. The molecular formula is C16H14FNOS. The van der Waals surface area contributed by atoms with E-state index in [9.17, 15) is 4.39 Å². The van der Waals surface area contributed by atoms with Crippen LogP contribution in [0.15, 0.2) is 63.9 Å². The summed E-state index contributed by atoms with van der Waals surface area (Å²) < 4.78 is 19.1. The first-order valence-corrected chi connectivity index (χ1v) is 7.34. The summed E-state index contributed by atoms with van der Waals surface area (Å²) in [4.78, 5) is 1.16. The fraction of sp³-hybridized carbons (Fsp3) is 0.125. The predicted octanol–water partition coefficient (Wildman–Crippen LogP) is 4.36. The Balaban J connectivity index is 1.75. The topological polar surface area (TPSA) is 39.2 Å². The quantitative estimate of drug-likeness (QED) is 0.724. The highest BCUT2D eigenvalue weighted by molar-refractivity contribution is 7.99. The molecule has 2 N–H and O–H groups in total. The summed E-state index contributed by atoms with van der Waals surface area (Å²) in [5.74, 6) is 0.955. The van der Waals surface area contributed by atoms with Gasteiger partial charge in [-0.15, -0.1) is 11.8 Å². The molecule has 0 bridgehead atoms. The van der Waals surface area contributed by atoms with E-state index in [0.717, 1.165) is 10.3 Å². The van der Waals surface area contributed by atoms with E-state index in [0.29, 0.717) is 11.5 Å². The lowest BCUT2D eigenvalue weighted by atomic mass is 10.2. The Kier molecular flexibility index (Phi) is 3.76. The van der Waals surface area contributed by atoms with Gasteiger partial charge in [0.2, 0.25) is 0 Å². The third-order valence-corrected chi connectivity index (χ3v) is 4.18. The molecule has 0 aliphatic rings. The van der Waals surface area contributed by atoms with Gasteiger partial charge in [0.25, 0.3) is 0 Å². The molecule has 0 radical (unpaired) electrons. The van der Waals surface area contributed by atoms with Gasteiger partial charge < -0.3 is 10.2 Å². The van der Waals surface area contributed by atoms with Crippen molar-refractivity contribution in [3.63, 3.8) is 0 Å². The molecule has 4 heteroatoms. The van der Waals surface area contributed by atoms with Crippen molar-refractivity contribution in [2.24, 2.45) is 5.73 Å². The second-order valence-corrected chi connectivity index (χ2v) is 5.63. The second kappa shape index (κ2) is 5.69. The zero-order valence-corrected chi connectivity index (χ0v) is 11.6. The lowest BCUT2D eigenvalue weighted by Gasteiger charge is -2.07. The van der Waals surface area contributed by atoms with Crippen LogP contribution in [0, 0.1) is 5.82 Å². The second-order valence-electron chi connectivity index (χ2n) is 4.54. The van der Waals surface area contributed by atoms with Crippen LogP contribution in [0.4, 0.5) is 4.39 Å². The minimum absolute atomic E-state index is 0.257. The van der Waals surface area contributed by atoms with E-state index in [1.165, 1.54) is 6.07 Å². The van der Waals surface area contributed by atoms with Crippen LogP contribution in [0.3, 0.4) is 0 Å². The van der Waals surface area contributed by atoms with Gasteiger partial charge >= 0.3 is 0 Å². The average molecular weight is 287 g/mol. The first-order chi connectivity index (χ1) is 9.74. The maximum atomic E-state index is 13.6. The first-order valence-electron chi connectivity index (χ1n) is 6.35. The molecule has 0 aliphatic heterocycles. The number of benzene rings is 2. The molecule has 102 valence electrons. The van der Waals surface area contributed by atoms with Gasteiger partial charge in [-0.25, -0.2) is 4.39 Å². The van der Waals surface area contributed by atoms with Crippen LogP contribution in [0.25, 0.3) is 11.0 Å². The first kappa shape index (κ1) is 13.2. The summed E-state index contributed by atoms with van der Waals surface area (Å²) in [6.07, 6.45) is 0. The fourth-order valence-electron chi connectivity index (χ4n) is 2.02. The van der Waals surface area contributed by atoms with Crippen LogP contribution < -0.4 is 5.73 Å². The summed E-state index contributed by atoms with van der Waals surface area (Å²) in [5, 5.41) is 0.750. The SMILES string of the molecule is NC(CSc1ccccc1)c1cc2cccc(F)c2o1. The lowest BCUT2D eigenvalue weighted by molar-refractivity contribution is 0.495. The summed E-state index contributed by atoms with van der Waals surface area (Å²) in [5.41, 5.74) is 6.40. The van der Waals surface area contributed by atoms with Crippen molar-refractivity contribution in [2.75, 3.05) is 5.75 Å². The van der Waals surface area contributed by atoms with Crippen molar-refractivity contribution >= 4 is 22.7 Å². The number of rotatable bonds is 4. The molecule has 1 aromatic heterocycles. The monoisotopic (exact) mass is 287 g/mol. The summed E-state index contributed by atoms with van der Waals surface area (Å²) in [6.45, 7) is 0. The maximum Gasteiger partial charge on any atom is 0.169 e. The summed E-state index contributed by atoms with van der Waals surface area (Å²) >= 11 is 1.66. The molecule has 2 aromatic carbocycles. The molecular weight excluding hydrogens is 273 g/mol. The molecule has 0 saturated carbocycles. The molecule has 0 saturated heterocycles. The summed E-state index contributed by atoms with van der Waals surface area (Å²) in [7, 11) is 0. The Hall–Kier alpha value is -1.78. The number of hydrogen-bond donors (Lipinski definition) is 1. The van der Waals surface area contributed by atoms with Crippen LogP contribution in [0.5, 0.6) is 0 Å². The van der Waals surface area contributed by atoms with Crippen molar-refractivity contribution in [3.8, 4) is 0 Å². The molecule has 0 amide bonds. The normalized spacial score (nSPS) is 12.7. The van der Waals surface area contributed by atoms with Crippen molar-refractivity contribution in [2.45, 2.75) is 10.9 Å². The van der Waals surface area contributed by atoms with E-state index in [4.69, 9.17) is 10.2 Å². The van der Waals surface area contributed by atoms with Crippen molar-refractivity contribution in [1.29, 1.82) is 0 Å². The smallest absolute Gasteiger partial charge is 0.169 e. The third kappa shape index (κ3) is 2.71. The Morgan fingerprint density at radius 2 is 1.90 bits per heavy atom. The Morgan fingerprint density at radius 1 is 1.10 bits per heavy atom. The van der Waals surface area contributed by atoms with Crippen LogP contribution >= 0.6 is 11.8 Å². The number of halogens is 1. The van der Waals surface area contributed by atoms with Gasteiger partial charge in [0.15, 0.2) is 11.4 Å². The number of hydrogen-bond acceptors (Lipinski definition) is 3. The largest absolute Gasteiger partial charge is 0.456 e. The van der Waals surface area contributed by atoms with E-state index in [2.05, 4.69) is 0 Å². The highest BCUT2D eigenvalue weighted by Crippen LogP contribution is 2.28. The number of thioether (sulfide) groups is 1. The van der Waals surface area contributed by atoms with Crippen LogP contribution in [0.1, 0.15) is 11.8 Å². The molecule has 1 atom stereocenters. The van der Waals surface area contributed by atoms with E-state index in [1.54, 1.807) is 17.8 Å². The average Bonchev–Trinajstić information content (AvgIpc) is 2.91. The van der Waals surface area contributed by atoms with Gasteiger partial charge in [-0.05, 0) is 24.3 Å². The van der Waals surface area contributed by atoms with Crippen LogP contribution in [0.2, 0.25) is 0 Å². The van der Waals surface area contributed by atoms with Crippen LogP contribution in [-0.4, -0.2) is 5.75 Å². The number of para-hydroxylation sites is 1. The predicted molar refractivity (Wildman–Crippen MR) is 80.3 cm³/mol. The Morgan fingerprint density at radius 3 is 2.65 bits per heavy atom. The number of fused-ring (bicyclic) bond motifs is 1. The van der Waals surface area contributed by atoms with Gasteiger partial charge in [-0.3, -0.25) is 0 Å². The minimum atomic E-state index is -0.350. The van der Waals surface area contributed by atoms with Crippen molar-refractivity contribution in [1.82, 2.24) is 0 Å². The van der Waals surface area contributed by atoms with Gasteiger partial charge in [-0.2, -0.15) is 0 Å². The van der Waals surface area contributed by atoms with Crippen LogP contribution in [-0.2, 0) is 0 Å². The van der Waals surface area contributed by atoms with E-state index in [-0.39, 0.29) is 17.4 Å². The third-order valence-electron chi connectivity index (χ3n) is 3.05.